The molecule has 1 fully saturated rings. The molecule has 1 saturated heterocycles. The van der Waals surface area contributed by atoms with Crippen LogP contribution in [0.15, 0.2) is 54.6 Å². The number of ether oxygens (including phenoxy) is 1. The molecule has 2 aliphatic heterocycles. The van der Waals surface area contributed by atoms with E-state index in [4.69, 9.17) is 4.74 Å². The quantitative estimate of drug-likeness (QED) is 0.610. The summed E-state index contributed by atoms with van der Waals surface area (Å²) in [5.74, 6) is -0.629. The number of nitrogens with zero attached hydrogens (tertiary/aromatic N) is 5. The molecule has 1 atom stereocenters. The van der Waals surface area contributed by atoms with E-state index in [2.05, 4.69) is 10.3 Å². The van der Waals surface area contributed by atoms with E-state index in [9.17, 15) is 14.0 Å². The van der Waals surface area contributed by atoms with Crippen LogP contribution in [0.3, 0.4) is 0 Å². The van der Waals surface area contributed by atoms with E-state index in [1.54, 1.807) is 26.6 Å². The number of rotatable bonds is 4. The third kappa shape index (κ3) is 4.49. The first-order valence-electron chi connectivity index (χ1n) is 11.0. The van der Waals surface area contributed by atoms with Gasteiger partial charge in [0.25, 0.3) is 5.91 Å². The zero-order valence-electron chi connectivity index (χ0n) is 18.1. The number of carbonyl (C=O) groups excluding carboxylic acids is 2. The molecule has 0 unspecified atom stereocenters. The van der Waals surface area contributed by atoms with Crippen molar-refractivity contribution >= 4 is 11.8 Å². The topological polar surface area (TPSA) is 80.6 Å². The fraction of sp³-hybridized carbons (Fsp3) is 0.333. The molecule has 33 heavy (non-hydrogen) atoms. The standard InChI is InChI=1S/C24H24FN5O3/c25-19-8-4-5-17(13-19)14-22(31)28-9-11-29(12-10-28)24(32)23-20-16-33-21(15-30(20)27-26-23)18-6-2-1-3-7-18/h1-8,13,21H,9-12,14-16H2/t21-/m1/s1. The lowest BCUT2D eigenvalue weighted by molar-refractivity contribution is -0.131. The second-order valence-corrected chi connectivity index (χ2v) is 8.26. The normalized spacial score (nSPS) is 18.2. The number of hydrogen-bond acceptors (Lipinski definition) is 5. The molecule has 9 heteroatoms. The summed E-state index contributed by atoms with van der Waals surface area (Å²) in [4.78, 5) is 29.1. The van der Waals surface area contributed by atoms with Gasteiger partial charge in [0, 0.05) is 26.2 Å². The number of carbonyl (C=O) groups is 2. The maximum atomic E-state index is 13.4. The number of piperazine rings is 1. The van der Waals surface area contributed by atoms with E-state index in [0.29, 0.717) is 49.7 Å². The van der Waals surface area contributed by atoms with E-state index >= 15 is 0 Å². The van der Waals surface area contributed by atoms with Crippen LogP contribution in [0.4, 0.5) is 4.39 Å². The largest absolute Gasteiger partial charge is 0.365 e. The Bertz CT molecular complexity index is 1160. The Morgan fingerprint density at radius 3 is 2.52 bits per heavy atom. The van der Waals surface area contributed by atoms with Gasteiger partial charge in [0.15, 0.2) is 5.69 Å². The lowest BCUT2D eigenvalue weighted by atomic mass is 10.1. The predicted molar refractivity (Wildman–Crippen MR) is 117 cm³/mol. The first-order chi connectivity index (χ1) is 16.1. The Labute approximate surface area is 190 Å². The van der Waals surface area contributed by atoms with Gasteiger partial charge in [-0.15, -0.1) is 5.10 Å². The van der Waals surface area contributed by atoms with Crippen LogP contribution in [-0.2, 0) is 29.1 Å². The molecule has 1 aromatic heterocycles. The molecule has 3 heterocycles. The molecule has 0 bridgehead atoms. The van der Waals surface area contributed by atoms with Crippen molar-refractivity contribution in [1.29, 1.82) is 0 Å². The molecule has 2 aliphatic rings. The summed E-state index contributed by atoms with van der Waals surface area (Å²) in [6.07, 6.45) is 0.0143. The van der Waals surface area contributed by atoms with Crippen molar-refractivity contribution < 1.29 is 18.7 Å². The van der Waals surface area contributed by atoms with Crippen LogP contribution >= 0.6 is 0 Å². The summed E-state index contributed by atoms with van der Waals surface area (Å²) in [7, 11) is 0. The van der Waals surface area contributed by atoms with Crippen LogP contribution in [0.5, 0.6) is 0 Å². The van der Waals surface area contributed by atoms with E-state index in [1.165, 1.54) is 12.1 Å². The second kappa shape index (κ2) is 9.11. The zero-order valence-corrected chi connectivity index (χ0v) is 18.1. The van der Waals surface area contributed by atoms with Crippen LogP contribution in [0.25, 0.3) is 0 Å². The first kappa shape index (κ1) is 21.3. The van der Waals surface area contributed by atoms with Crippen LogP contribution in [0, 0.1) is 5.82 Å². The van der Waals surface area contributed by atoms with Gasteiger partial charge in [0.2, 0.25) is 5.91 Å². The molecule has 2 aromatic carbocycles. The molecular weight excluding hydrogens is 425 g/mol. The summed E-state index contributed by atoms with van der Waals surface area (Å²) < 4.78 is 21.1. The third-order valence-electron chi connectivity index (χ3n) is 6.14. The second-order valence-electron chi connectivity index (χ2n) is 8.26. The van der Waals surface area contributed by atoms with Gasteiger partial charge in [0.1, 0.15) is 11.9 Å². The minimum atomic E-state index is -0.355. The number of halogens is 1. The Hall–Kier alpha value is -3.59. The van der Waals surface area contributed by atoms with Crippen molar-refractivity contribution in [2.45, 2.75) is 25.7 Å². The van der Waals surface area contributed by atoms with Crippen LogP contribution in [0.1, 0.15) is 33.4 Å². The summed E-state index contributed by atoms with van der Waals surface area (Å²) in [5.41, 5.74) is 2.69. The van der Waals surface area contributed by atoms with Gasteiger partial charge in [-0.3, -0.25) is 9.59 Å². The van der Waals surface area contributed by atoms with Gasteiger partial charge in [0.05, 0.1) is 25.3 Å². The van der Waals surface area contributed by atoms with Crippen molar-refractivity contribution in [3.8, 4) is 0 Å². The highest BCUT2D eigenvalue weighted by Gasteiger charge is 2.32. The highest BCUT2D eigenvalue weighted by molar-refractivity contribution is 5.93. The van der Waals surface area contributed by atoms with Crippen molar-refractivity contribution in [3.05, 3.63) is 82.9 Å². The smallest absolute Gasteiger partial charge is 0.276 e. The molecule has 170 valence electrons. The van der Waals surface area contributed by atoms with Crippen molar-refractivity contribution in [1.82, 2.24) is 24.8 Å². The number of fused-ring (bicyclic) bond motifs is 1. The van der Waals surface area contributed by atoms with Crippen molar-refractivity contribution in [2.75, 3.05) is 26.2 Å². The lowest BCUT2D eigenvalue weighted by Gasteiger charge is -2.34. The summed E-state index contributed by atoms with van der Waals surface area (Å²) >= 11 is 0. The lowest BCUT2D eigenvalue weighted by Crippen LogP contribution is -2.51. The fourth-order valence-electron chi connectivity index (χ4n) is 4.29. The van der Waals surface area contributed by atoms with Gasteiger partial charge in [-0.05, 0) is 23.3 Å². The van der Waals surface area contributed by atoms with E-state index < -0.39 is 0 Å². The van der Waals surface area contributed by atoms with Gasteiger partial charge in [-0.2, -0.15) is 0 Å². The van der Waals surface area contributed by atoms with Crippen LogP contribution in [0.2, 0.25) is 0 Å². The minimum Gasteiger partial charge on any atom is -0.365 e. The average Bonchev–Trinajstić information content (AvgIpc) is 3.27. The maximum absolute atomic E-state index is 13.4. The van der Waals surface area contributed by atoms with Crippen molar-refractivity contribution in [3.63, 3.8) is 0 Å². The Morgan fingerprint density at radius 1 is 1.00 bits per heavy atom. The Balaban J connectivity index is 1.19. The predicted octanol–water partition coefficient (Wildman–Crippen LogP) is 2.22. The van der Waals surface area contributed by atoms with E-state index in [-0.39, 0.29) is 36.8 Å². The number of aromatic nitrogens is 3. The zero-order chi connectivity index (χ0) is 22.8. The molecule has 5 rings (SSSR count). The molecule has 8 nitrogen and oxygen atoms in total. The minimum absolute atomic E-state index is 0.0749. The molecule has 2 amide bonds. The first-order valence-corrected chi connectivity index (χ1v) is 11.0. The molecular formula is C24H24FN5O3. The van der Waals surface area contributed by atoms with E-state index in [1.807, 2.05) is 30.3 Å². The number of benzene rings is 2. The Morgan fingerprint density at radius 2 is 1.76 bits per heavy atom. The van der Waals surface area contributed by atoms with E-state index in [0.717, 1.165) is 5.56 Å². The number of hydrogen-bond donors (Lipinski definition) is 0. The maximum Gasteiger partial charge on any atom is 0.276 e. The third-order valence-corrected chi connectivity index (χ3v) is 6.14. The summed E-state index contributed by atoms with van der Waals surface area (Å²) in [6, 6.07) is 16.0. The van der Waals surface area contributed by atoms with Gasteiger partial charge in [-0.1, -0.05) is 47.7 Å². The molecule has 0 saturated carbocycles. The fourth-order valence-corrected chi connectivity index (χ4v) is 4.29. The average molecular weight is 449 g/mol. The number of amides is 2. The summed E-state index contributed by atoms with van der Waals surface area (Å²) in [6.45, 7) is 2.44. The molecule has 0 spiro atoms. The summed E-state index contributed by atoms with van der Waals surface area (Å²) in [5, 5.41) is 8.33. The van der Waals surface area contributed by atoms with Crippen LogP contribution < -0.4 is 0 Å². The van der Waals surface area contributed by atoms with Gasteiger partial charge < -0.3 is 14.5 Å². The SMILES string of the molecule is O=C(Cc1cccc(F)c1)N1CCN(C(=O)c2nnn3c2CO[C@@H](c2ccccc2)C3)CC1. The van der Waals surface area contributed by atoms with Crippen molar-refractivity contribution in [2.24, 2.45) is 0 Å². The molecule has 3 aromatic rings. The molecule has 0 radical (unpaired) electrons. The molecule has 0 aliphatic carbocycles. The van der Waals surface area contributed by atoms with Crippen LogP contribution in [-0.4, -0.2) is 62.8 Å². The highest BCUT2D eigenvalue weighted by atomic mass is 19.1. The monoisotopic (exact) mass is 449 g/mol. The molecule has 0 N–H and O–H groups in total. The van der Waals surface area contributed by atoms with Gasteiger partial charge in [-0.25, -0.2) is 9.07 Å². The van der Waals surface area contributed by atoms with Gasteiger partial charge >= 0.3 is 0 Å². The highest BCUT2D eigenvalue weighted by Crippen LogP contribution is 2.27. The Kier molecular flexibility index (Phi) is 5.87.